The minimum absolute atomic E-state index is 0.655. The van der Waals surface area contributed by atoms with Gasteiger partial charge in [-0.15, -0.1) is 0 Å². The van der Waals surface area contributed by atoms with Gasteiger partial charge in [0.1, 0.15) is 0 Å². The molecule has 0 amide bonds. The molecule has 0 radical (unpaired) electrons. The van der Waals surface area contributed by atoms with Crippen molar-refractivity contribution in [3.8, 4) is 0 Å². The number of rotatable bonds is 3. The number of hydrogen-bond donors (Lipinski definition) is 1. The Bertz CT molecular complexity index is 519. The zero-order valence-electron chi connectivity index (χ0n) is 9.49. The molecule has 1 unspecified atom stereocenters. The highest BCUT2D eigenvalue weighted by atomic mass is 35.5. The van der Waals surface area contributed by atoms with Crippen LogP contribution in [0.5, 0.6) is 0 Å². The maximum atomic E-state index is 5.85. The first-order chi connectivity index (χ1) is 8.33. The lowest BCUT2D eigenvalue weighted by Gasteiger charge is -2.30. The predicted octanol–water partition coefficient (Wildman–Crippen LogP) is 4.09. The molecule has 17 heavy (non-hydrogen) atoms. The van der Waals surface area contributed by atoms with E-state index in [1.807, 2.05) is 24.3 Å². The van der Waals surface area contributed by atoms with Crippen LogP contribution in [0.15, 0.2) is 48.5 Å². The monoisotopic (exact) mass is 243 g/mol. The van der Waals surface area contributed by atoms with Crippen LogP contribution in [0.3, 0.4) is 0 Å². The van der Waals surface area contributed by atoms with Gasteiger partial charge in [0.05, 0.1) is 0 Å². The number of fused-ring (bicyclic) bond motifs is 1. The molecule has 86 valence electrons. The minimum Gasteiger partial charge on any atom is -0.384 e. The van der Waals surface area contributed by atoms with Gasteiger partial charge in [-0.05, 0) is 41.8 Å². The van der Waals surface area contributed by atoms with Crippen LogP contribution in [-0.2, 0) is 6.42 Å². The molecular formula is C15H14ClN. The van der Waals surface area contributed by atoms with Crippen LogP contribution in [0, 0.1) is 0 Å². The Hall–Kier alpha value is -1.47. The molecule has 0 fully saturated rings. The largest absolute Gasteiger partial charge is 0.384 e. The Balaban J connectivity index is 1.62. The molecule has 0 aromatic heterocycles. The Morgan fingerprint density at radius 2 is 1.82 bits per heavy atom. The van der Waals surface area contributed by atoms with Gasteiger partial charge in [-0.25, -0.2) is 0 Å². The Morgan fingerprint density at radius 1 is 1.06 bits per heavy atom. The second kappa shape index (κ2) is 4.42. The summed E-state index contributed by atoms with van der Waals surface area (Å²) >= 11 is 5.85. The van der Waals surface area contributed by atoms with Crippen LogP contribution in [0.1, 0.15) is 17.0 Å². The van der Waals surface area contributed by atoms with Gasteiger partial charge >= 0.3 is 0 Å². The SMILES string of the molecule is Clc1ccc(NCC2Cc3ccccc32)cc1. The van der Waals surface area contributed by atoms with Gasteiger partial charge in [0.2, 0.25) is 0 Å². The number of anilines is 1. The molecule has 0 heterocycles. The van der Waals surface area contributed by atoms with E-state index in [9.17, 15) is 0 Å². The molecule has 0 aliphatic heterocycles. The topological polar surface area (TPSA) is 12.0 Å². The summed E-state index contributed by atoms with van der Waals surface area (Å²) in [6, 6.07) is 16.5. The van der Waals surface area contributed by atoms with Crippen molar-refractivity contribution in [3.63, 3.8) is 0 Å². The fourth-order valence-corrected chi connectivity index (χ4v) is 2.48. The normalized spacial score (nSPS) is 17.1. The highest BCUT2D eigenvalue weighted by Crippen LogP contribution is 2.34. The van der Waals surface area contributed by atoms with Crippen LogP contribution in [-0.4, -0.2) is 6.54 Å². The molecule has 0 saturated carbocycles. The van der Waals surface area contributed by atoms with Crippen molar-refractivity contribution in [3.05, 3.63) is 64.7 Å². The van der Waals surface area contributed by atoms with E-state index in [2.05, 4.69) is 29.6 Å². The lowest BCUT2D eigenvalue weighted by Crippen LogP contribution is -2.24. The Labute approximate surface area is 106 Å². The summed E-state index contributed by atoms with van der Waals surface area (Å²) in [5.74, 6) is 0.655. The van der Waals surface area contributed by atoms with Crippen molar-refractivity contribution < 1.29 is 0 Å². The molecule has 2 aromatic rings. The fourth-order valence-electron chi connectivity index (χ4n) is 2.35. The van der Waals surface area contributed by atoms with E-state index in [0.717, 1.165) is 17.3 Å². The van der Waals surface area contributed by atoms with E-state index in [-0.39, 0.29) is 0 Å². The van der Waals surface area contributed by atoms with Crippen molar-refractivity contribution in [1.29, 1.82) is 0 Å². The van der Waals surface area contributed by atoms with Crippen LogP contribution in [0.2, 0.25) is 5.02 Å². The second-order valence-corrected chi connectivity index (χ2v) is 4.92. The molecule has 1 N–H and O–H groups in total. The standard InChI is InChI=1S/C15H14ClN/c16-13-5-7-14(8-6-13)17-10-12-9-11-3-1-2-4-15(11)12/h1-8,12,17H,9-10H2. The third-order valence-electron chi connectivity index (χ3n) is 3.36. The molecule has 0 bridgehead atoms. The molecule has 2 aromatic carbocycles. The van der Waals surface area contributed by atoms with Gasteiger partial charge in [0.25, 0.3) is 0 Å². The number of halogens is 1. The van der Waals surface area contributed by atoms with Gasteiger partial charge in [-0.3, -0.25) is 0 Å². The Morgan fingerprint density at radius 3 is 2.59 bits per heavy atom. The highest BCUT2D eigenvalue weighted by Gasteiger charge is 2.24. The van der Waals surface area contributed by atoms with Gasteiger partial charge in [-0.1, -0.05) is 35.9 Å². The van der Waals surface area contributed by atoms with E-state index in [1.165, 1.54) is 17.5 Å². The lowest BCUT2D eigenvalue weighted by molar-refractivity contribution is 0.636. The second-order valence-electron chi connectivity index (χ2n) is 4.49. The fraction of sp³-hybridized carbons (Fsp3) is 0.200. The van der Waals surface area contributed by atoms with Crippen molar-refractivity contribution >= 4 is 17.3 Å². The zero-order valence-corrected chi connectivity index (χ0v) is 10.2. The molecule has 1 atom stereocenters. The van der Waals surface area contributed by atoms with Crippen molar-refractivity contribution in [1.82, 2.24) is 0 Å². The van der Waals surface area contributed by atoms with E-state index in [4.69, 9.17) is 11.6 Å². The molecule has 1 aliphatic carbocycles. The summed E-state index contributed by atoms with van der Waals surface area (Å²) in [5, 5.41) is 4.24. The first-order valence-corrected chi connectivity index (χ1v) is 6.28. The van der Waals surface area contributed by atoms with Gasteiger partial charge in [0, 0.05) is 23.2 Å². The number of nitrogens with one attached hydrogen (secondary N) is 1. The van der Waals surface area contributed by atoms with Crippen LogP contribution >= 0.6 is 11.6 Å². The average Bonchev–Trinajstić information content (AvgIpc) is 2.33. The van der Waals surface area contributed by atoms with Crippen molar-refractivity contribution in [2.24, 2.45) is 0 Å². The molecular weight excluding hydrogens is 230 g/mol. The summed E-state index contributed by atoms with van der Waals surface area (Å²) in [6.07, 6.45) is 1.19. The quantitative estimate of drug-likeness (QED) is 0.856. The zero-order chi connectivity index (χ0) is 11.7. The van der Waals surface area contributed by atoms with Crippen LogP contribution in [0.25, 0.3) is 0 Å². The van der Waals surface area contributed by atoms with E-state index < -0.39 is 0 Å². The molecule has 2 heteroatoms. The molecule has 0 spiro atoms. The van der Waals surface area contributed by atoms with Crippen LogP contribution in [0.4, 0.5) is 5.69 Å². The maximum absolute atomic E-state index is 5.85. The number of hydrogen-bond acceptors (Lipinski definition) is 1. The average molecular weight is 244 g/mol. The Kier molecular flexibility index (Phi) is 2.77. The van der Waals surface area contributed by atoms with E-state index >= 15 is 0 Å². The predicted molar refractivity (Wildman–Crippen MR) is 72.8 cm³/mol. The molecule has 1 aliphatic rings. The third kappa shape index (κ3) is 2.16. The smallest absolute Gasteiger partial charge is 0.0407 e. The lowest BCUT2D eigenvalue weighted by atomic mass is 9.77. The van der Waals surface area contributed by atoms with Crippen molar-refractivity contribution in [2.45, 2.75) is 12.3 Å². The van der Waals surface area contributed by atoms with E-state index in [1.54, 1.807) is 0 Å². The van der Waals surface area contributed by atoms with Gasteiger partial charge in [-0.2, -0.15) is 0 Å². The van der Waals surface area contributed by atoms with Crippen LogP contribution < -0.4 is 5.32 Å². The van der Waals surface area contributed by atoms with Crippen molar-refractivity contribution in [2.75, 3.05) is 11.9 Å². The molecule has 3 rings (SSSR count). The summed E-state index contributed by atoms with van der Waals surface area (Å²) in [4.78, 5) is 0. The summed E-state index contributed by atoms with van der Waals surface area (Å²) in [5.41, 5.74) is 4.13. The summed E-state index contributed by atoms with van der Waals surface area (Å²) in [7, 11) is 0. The van der Waals surface area contributed by atoms with E-state index in [0.29, 0.717) is 5.92 Å². The molecule has 1 nitrogen and oxygen atoms in total. The third-order valence-corrected chi connectivity index (χ3v) is 3.61. The summed E-state index contributed by atoms with van der Waals surface area (Å²) in [6.45, 7) is 0.999. The maximum Gasteiger partial charge on any atom is 0.0407 e. The summed E-state index contributed by atoms with van der Waals surface area (Å²) < 4.78 is 0. The van der Waals surface area contributed by atoms with Gasteiger partial charge in [0.15, 0.2) is 0 Å². The van der Waals surface area contributed by atoms with Gasteiger partial charge < -0.3 is 5.32 Å². The first kappa shape index (κ1) is 10.7. The number of benzene rings is 2. The minimum atomic E-state index is 0.655. The first-order valence-electron chi connectivity index (χ1n) is 5.90. The highest BCUT2D eigenvalue weighted by molar-refractivity contribution is 6.30. The molecule has 0 saturated heterocycles.